The zero-order valence-electron chi connectivity index (χ0n) is 13.5. The molecule has 0 radical (unpaired) electrons. The third kappa shape index (κ3) is 3.98. The zero-order valence-corrected chi connectivity index (χ0v) is 13.5. The number of aryl methyl sites for hydroxylation is 2. The number of hydrogen-bond acceptors (Lipinski definition) is 4. The Bertz CT molecular complexity index is 879. The van der Waals surface area contributed by atoms with E-state index in [-0.39, 0.29) is 12.5 Å². The predicted molar refractivity (Wildman–Crippen MR) is 93.2 cm³/mol. The fraction of sp³-hybridized carbons (Fsp3) is 0.167. The van der Waals surface area contributed by atoms with Crippen molar-refractivity contribution in [1.82, 2.24) is 15.4 Å². The monoisotopic (exact) mass is 322 g/mol. The Morgan fingerprint density at radius 3 is 2.83 bits per heavy atom. The maximum absolute atomic E-state index is 11.8. The van der Waals surface area contributed by atoms with Gasteiger partial charge in [0, 0.05) is 35.2 Å². The summed E-state index contributed by atoms with van der Waals surface area (Å²) >= 11 is 0. The number of hydrazone groups is 1. The summed E-state index contributed by atoms with van der Waals surface area (Å²) in [5.41, 5.74) is 6.07. The van der Waals surface area contributed by atoms with E-state index in [2.05, 4.69) is 20.5 Å². The van der Waals surface area contributed by atoms with E-state index in [1.54, 1.807) is 18.3 Å². The summed E-state index contributed by atoms with van der Waals surface area (Å²) in [7, 11) is 0. The van der Waals surface area contributed by atoms with E-state index in [9.17, 15) is 4.79 Å². The molecule has 0 fully saturated rings. The van der Waals surface area contributed by atoms with Gasteiger partial charge in [-0.05, 0) is 36.9 Å². The van der Waals surface area contributed by atoms with Crippen molar-refractivity contribution in [3.8, 4) is 5.75 Å². The van der Waals surface area contributed by atoms with Gasteiger partial charge in [0.1, 0.15) is 5.75 Å². The van der Waals surface area contributed by atoms with Gasteiger partial charge in [0.05, 0.1) is 6.21 Å². The number of ether oxygens (including phenoxy) is 1. The van der Waals surface area contributed by atoms with Crippen LogP contribution in [0.5, 0.6) is 5.75 Å². The number of benzene rings is 1. The number of carbonyl (C=O) groups excluding carboxylic acids is 1. The molecule has 2 heterocycles. The summed E-state index contributed by atoms with van der Waals surface area (Å²) in [6, 6.07) is 11.5. The summed E-state index contributed by atoms with van der Waals surface area (Å²) in [5, 5.41) is 5.08. The van der Waals surface area contributed by atoms with E-state index in [0.29, 0.717) is 5.75 Å². The quantitative estimate of drug-likeness (QED) is 0.560. The molecule has 1 aromatic carbocycles. The van der Waals surface area contributed by atoms with Crippen LogP contribution in [0.15, 0.2) is 47.7 Å². The Morgan fingerprint density at radius 2 is 2.04 bits per heavy atom. The van der Waals surface area contributed by atoms with Crippen molar-refractivity contribution in [2.45, 2.75) is 13.8 Å². The SMILES string of the molecule is Cc1cc(OCC(=O)NN=Cc2ccc3cc[nH]c3c2)cc(C)n1. The van der Waals surface area contributed by atoms with Crippen molar-refractivity contribution in [2.75, 3.05) is 6.61 Å². The predicted octanol–water partition coefficient (Wildman–Crippen LogP) is 2.71. The Kier molecular flexibility index (Phi) is 4.56. The number of aromatic amines is 1. The lowest BCUT2D eigenvalue weighted by Crippen LogP contribution is -2.24. The number of amides is 1. The summed E-state index contributed by atoms with van der Waals surface area (Å²) < 4.78 is 5.45. The molecule has 0 saturated heterocycles. The topological polar surface area (TPSA) is 79.4 Å². The average molecular weight is 322 g/mol. The van der Waals surface area contributed by atoms with E-state index in [1.807, 2.05) is 44.3 Å². The number of aromatic nitrogens is 2. The van der Waals surface area contributed by atoms with Crippen LogP contribution in [-0.4, -0.2) is 28.7 Å². The number of rotatable bonds is 5. The highest BCUT2D eigenvalue weighted by molar-refractivity contribution is 5.89. The van der Waals surface area contributed by atoms with Gasteiger partial charge in [-0.1, -0.05) is 12.1 Å². The molecule has 3 aromatic rings. The molecule has 0 bridgehead atoms. The molecule has 24 heavy (non-hydrogen) atoms. The highest BCUT2D eigenvalue weighted by atomic mass is 16.5. The molecule has 6 heteroatoms. The van der Waals surface area contributed by atoms with Crippen LogP contribution >= 0.6 is 0 Å². The first-order chi connectivity index (χ1) is 11.6. The molecule has 6 nitrogen and oxygen atoms in total. The molecule has 122 valence electrons. The Balaban J connectivity index is 1.53. The van der Waals surface area contributed by atoms with Gasteiger partial charge in [-0.3, -0.25) is 9.78 Å². The molecule has 1 amide bonds. The second kappa shape index (κ2) is 6.95. The van der Waals surface area contributed by atoms with Crippen molar-refractivity contribution in [3.63, 3.8) is 0 Å². The summed E-state index contributed by atoms with van der Waals surface area (Å²) in [6.45, 7) is 3.66. The molecular weight excluding hydrogens is 304 g/mol. The smallest absolute Gasteiger partial charge is 0.277 e. The number of H-pyrrole nitrogens is 1. The van der Waals surface area contributed by atoms with Gasteiger partial charge >= 0.3 is 0 Å². The van der Waals surface area contributed by atoms with Crippen LogP contribution in [0, 0.1) is 13.8 Å². The maximum Gasteiger partial charge on any atom is 0.277 e. The third-order valence-corrected chi connectivity index (χ3v) is 3.41. The Morgan fingerprint density at radius 1 is 1.25 bits per heavy atom. The fourth-order valence-electron chi connectivity index (χ4n) is 2.39. The molecule has 0 saturated carbocycles. The number of carbonyl (C=O) groups is 1. The van der Waals surface area contributed by atoms with Crippen LogP contribution < -0.4 is 10.2 Å². The van der Waals surface area contributed by atoms with Gasteiger partial charge in [-0.2, -0.15) is 5.10 Å². The molecule has 0 unspecified atom stereocenters. The molecule has 2 aromatic heterocycles. The first-order valence-electron chi connectivity index (χ1n) is 7.57. The van der Waals surface area contributed by atoms with Crippen LogP contribution in [0.3, 0.4) is 0 Å². The van der Waals surface area contributed by atoms with Crippen molar-refractivity contribution in [3.05, 3.63) is 59.5 Å². The lowest BCUT2D eigenvalue weighted by molar-refractivity contribution is -0.123. The van der Waals surface area contributed by atoms with Gasteiger partial charge in [-0.25, -0.2) is 5.43 Å². The second-order valence-corrected chi connectivity index (χ2v) is 5.49. The number of nitrogens with one attached hydrogen (secondary N) is 2. The highest BCUT2D eigenvalue weighted by Gasteiger charge is 2.03. The average Bonchev–Trinajstić information content (AvgIpc) is 3.00. The molecular formula is C18H18N4O2. The Labute approximate surface area is 139 Å². The van der Waals surface area contributed by atoms with Crippen LogP contribution in [-0.2, 0) is 4.79 Å². The molecule has 0 spiro atoms. The molecule has 2 N–H and O–H groups in total. The molecule has 0 atom stereocenters. The minimum atomic E-state index is -0.320. The molecule has 0 aliphatic heterocycles. The van der Waals surface area contributed by atoms with Crippen LogP contribution in [0.25, 0.3) is 10.9 Å². The van der Waals surface area contributed by atoms with Crippen LogP contribution in [0.2, 0.25) is 0 Å². The Hall–Kier alpha value is -3.15. The zero-order chi connectivity index (χ0) is 16.9. The summed E-state index contributed by atoms with van der Waals surface area (Å²) in [6.07, 6.45) is 3.48. The van der Waals surface area contributed by atoms with E-state index in [0.717, 1.165) is 27.9 Å². The van der Waals surface area contributed by atoms with Crippen molar-refractivity contribution in [1.29, 1.82) is 0 Å². The molecule has 0 aliphatic rings. The van der Waals surface area contributed by atoms with Gasteiger partial charge in [0.25, 0.3) is 5.91 Å². The maximum atomic E-state index is 11.8. The number of hydrogen-bond donors (Lipinski definition) is 2. The molecule has 0 aliphatic carbocycles. The minimum Gasteiger partial charge on any atom is -0.484 e. The van der Waals surface area contributed by atoms with Crippen molar-refractivity contribution < 1.29 is 9.53 Å². The largest absolute Gasteiger partial charge is 0.484 e. The van der Waals surface area contributed by atoms with Crippen molar-refractivity contribution in [2.24, 2.45) is 5.10 Å². The highest BCUT2D eigenvalue weighted by Crippen LogP contribution is 2.13. The lowest BCUT2D eigenvalue weighted by atomic mass is 10.2. The van der Waals surface area contributed by atoms with Gasteiger partial charge in [0.2, 0.25) is 0 Å². The first kappa shape index (κ1) is 15.7. The van der Waals surface area contributed by atoms with Crippen LogP contribution in [0.1, 0.15) is 17.0 Å². The van der Waals surface area contributed by atoms with Gasteiger partial charge < -0.3 is 9.72 Å². The van der Waals surface area contributed by atoms with E-state index < -0.39 is 0 Å². The minimum absolute atomic E-state index is 0.101. The number of pyridine rings is 1. The fourth-order valence-corrected chi connectivity index (χ4v) is 2.39. The van der Waals surface area contributed by atoms with E-state index in [1.165, 1.54) is 0 Å². The van der Waals surface area contributed by atoms with E-state index in [4.69, 9.17) is 4.74 Å². The number of nitrogens with zero attached hydrogens (tertiary/aromatic N) is 2. The standard InChI is InChI=1S/C18H18N4O2/c1-12-7-16(8-13(2)21-12)24-11-18(23)22-20-10-14-3-4-15-5-6-19-17(15)9-14/h3-10,19H,11H2,1-2H3,(H,22,23). The summed E-state index contributed by atoms with van der Waals surface area (Å²) in [4.78, 5) is 19.2. The third-order valence-electron chi connectivity index (χ3n) is 3.41. The number of fused-ring (bicyclic) bond motifs is 1. The summed E-state index contributed by atoms with van der Waals surface area (Å²) in [5.74, 6) is 0.302. The van der Waals surface area contributed by atoms with Crippen LogP contribution in [0.4, 0.5) is 0 Å². The normalized spacial score (nSPS) is 11.1. The first-order valence-corrected chi connectivity index (χ1v) is 7.57. The van der Waals surface area contributed by atoms with Gasteiger partial charge in [0.15, 0.2) is 6.61 Å². The second-order valence-electron chi connectivity index (χ2n) is 5.49. The lowest BCUT2D eigenvalue weighted by Gasteiger charge is -2.06. The van der Waals surface area contributed by atoms with E-state index >= 15 is 0 Å². The molecule has 3 rings (SSSR count). The van der Waals surface area contributed by atoms with Gasteiger partial charge in [-0.15, -0.1) is 0 Å². The van der Waals surface area contributed by atoms with Crippen molar-refractivity contribution >= 4 is 23.0 Å².